The van der Waals surface area contributed by atoms with Crippen LogP contribution < -0.4 is 10.2 Å². The lowest BCUT2D eigenvalue weighted by atomic mass is 9.79. The molecule has 31 heavy (non-hydrogen) atoms. The van der Waals surface area contributed by atoms with Crippen molar-refractivity contribution in [3.8, 4) is 11.3 Å². The zero-order chi connectivity index (χ0) is 21.4. The number of rotatable bonds is 4. The monoisotopic (exact) mass is 416 g/mol. The van der Waals surface area contributed by atoms with Crippen molar-refractivity contribution in [3.05, 3.63) is 54.9 Å². The Labute approximate surface area is 179 Å². The van der Waals surface area contributed by atoms with E-state index in [0.29, 0.717) is 5.76 Å². The number of anilines is 2. The van der Waals surface area contributed by atoms with Crippen molar-refractivity contribution >= 4 is 28.4 Å². The Hall–Kier alpha value is -3.68. The van der Waals surface area contributed by atoms with Crippen molar-refractivity contribution in [2.24, 2.45) is 5.41 Å². The second-order valence-electron chi connectivity index (χ2n) is 8.34. The Balaban J connectivity index is 1.29. The third-order valence-electron chi connectivity index (χ3n) is 6.20. The van der Waals surface area contributed by atoms with Crippen LogP contribution in [0.5, 0.6) is 0 Å². The fraction of sp³-hybridized carbons (Fsp3) is 0.304. The van der Waals surface area contributed by atoms with Gasteiger partial charge in [0.15, 0.2) is 12.2 Å². The molecule has 1 aliphatic rings. The Kier molecular flexibility index (Phi) is 4.69. The molecule has 8 nitrogen and oxygen atoms in total. The zero-order valence-electron chi connectivity index (χ0n) is 17.6. The first kappa shape index (κ1) is 19.3. The van der Waals surface area contributed by atoms with Crippen LogP contribution in [0.2, 0.25) is 0 Å². The molecule has 1 amide bonds. The van der Waals surface area contributed by atoms with Crippen LogP contribution >= 0.6 is 0 Å². The van der Waals surface area contributed by atoms with E-state index in [9.17, 15) is 4.79 Å². The highest BCUT2D eigenvalue weighted by molar-refractivity contribution is 5.96. The van der Waals surface area contributed by atoms with E-state index in [2.05, 4.69) is 37.1 Å². The number of aromatic nitrogens is 4. The summed E-state index contributed by atoms with van der Waals surface area (Å²) in [6.45, 7) is 5.62. The molecule has 0 atom stereocenters. The van der Waals surface area contributed by atoms with Gasteiger partial charge in [0.1, 0.15) is 17.8 Å². The van der Waals surface area contributed by atoms with Crippen molar-refractivity contribution < 1.29 is 9.21 Å². The highest BCUT2D eigenvalue weighted by Gasteiger charge is 2.37. The molecule has 4 aromatic rings. The predicted molar refractivity (Wildman–Crippen MR) is 119 cm³/mol. The van der Waals surface area contributed by atoms with Crippen LogP contribution in [0.25, 0.3) is 22.4 Å². The van der Waals surface area contributed by atoms with E-state index >= 15 is 0 Å². The highest BCUT2D eigenvalue weighted by atomic mass is 16.3. The van der Waals surface area contributed by atoms with Gasteiger partial charge in [0.05, 0.1) is 17.0 Å². The van der Waals surface area contributed by atoms with Gasteiger partial charge >= 0.3 is 0 Å². The number of aromatic amines is 1. The molecule has 3 aromatic heterocycles. The largest absolute Gasteiger partial charge is 0.444 e. The first-order chi connectivity index (χ1) is 15.0. The number of fused-ring (bicyclic) bond motifs is 1. The van der Waals surface area contributed by atoms with E-state index in [-0.39, 0.29) is 5.91 Å². The lowest BCUT2D eigenvalue weighted by Gasteiger charge is -2.39. The molecule has 4 heterocycles. The van der Waals surface area contributed by atoms with E-state index in [1.54, 1.807) is 12.5 Å². The molecule has 1 saturated heterocycles. The SMILES string of the molecule is Cc1c[nH]c2ncnc(N3CCC(C)(C(=O)Nc4cccc(-c5cnco5)c4)CC3)c12. The van der Waals surface area contributed by atoms with Crippen molar-refractivity contribution in [1.82, 2.24) is 19.9 Å². The van der Waals surface area contributed by atoms with Crippen LogP contribution in [0, 0.1) is 12.3 Å². The number of benzene rings is 1. The number of nitrogens with zero attached hydrogens (tertiary/aromatic N) is 4. The predicted octanol–water partition coefficient (Wildman–Crippen LogP) is 4.17. The average Bonchev–Trinajstić information content (AvgIpc) is 3.45. The van der Waals surface area contributed by atoms with Gasteiger partial charge in [-0.1, -0.05) is 19.1 Å². The van der Waals surface area contributed by atoms with Crippen LogP contribution in [0.15, 0.2) is 53.8 Å². The van der Waals surface area contributed by atoms with E-state index < -0.39 is 5.41 Å². The van der Waals surface area contributed by atoms with E-state index in [0.717, 1.165) is 59.6 Å². The molecular weight excluding hydrogens is 392 g/mol. The summed E-state index contributed by atoms with van der Waals surface area (Å²) in [4.78, 5) is 31.4. The van der Waals surface area contributed by atoms with Crippen molar-refractivity contribution in [2.75, 3.05) is 23.3 Å². The minimum absolute atomic E-state index is 0.0347. The molecule has 0 unspecified atom stereocenters. The molecule has 158 valence electrons. The minimum atomic E-state index is -0.446. The van der Waals surface area contributed by atoms with Crippen molar-refractivity contribution in [1.29, 1.82) is 0 Å². The van der Waals surface area contributed by atoms with Gasteiger partial charge in [-0.05, 0) is 37.5 Å². The quantitative estimate of drug-likeness (QED) is 0.518. The van der Waals surface area contributed by atoms with Crippen LogP contribution in [0.4, 0.5) is 11.5 Å². The molecule has 0 radical (unpaired) electrons. The van der Waals surface area contributed by atoms with Crippen molar-refractivity contribution in [3.63, 3.8) is 0 Å². The maximum atomic E-state index is 13.2. The molecule has 8 heteroatoms. The Morgan fingerprint density at radius 1 is 1.26 bits per heavy atom. The van der Waals surface area contributed by atoms with Crippen LogP contribution in [-0.2, 0) is 4.79 Å². The van der Waals surface area contributed by atoms with Crippen LogP contribution in [0.1, 0.15) is 25.3 Å². The molecule has 0 aliphatic carbocycles. The van der Waals surface area contributed by atoms with E-state index in [1.807, 2.05) is 37.4 Å². The van der Waals surface area contributed by atoms with E-state index in [1.165, 1.54) is 6.39 Å². The van der Waals surface area contributed by atoms with Gasteiger partial charge in [-0.25, -0.2) is 15.0 Å². The summed E-state index contributed by atoms with van der Waals surface area (Å²) in [6, 6.07) is 7.63. The second kappa shape index (κ2) is 7.54. The number of H-pyrrole nitrogens is 1. The molecule has 0 saturated carbocycles. The number of carbonyl (C=O) groups is 1. The fourth-order valence-electron chi connectivity index (χ4n) is 4.17. The third kappa shape index (κ3) is 3.54. The fourth-order valence-corrected chi connectivity index (χ4v) is 4.17. The molecule has 5 rings (SSSR count). The Morgan fingerprint density at radius 3 is 2.87 bits per heavy atom. The summed E-state index contributed by atoms with van der Waals surface area (Å²) in [5, 5.41) is 4.15. The van der Waals surface area contributed by atoms with Crippen molar-refractivity contribution in [2.45, 2.75) is 26.7 Å². The molecule has 1 aliphatic heterocycles. The smallest absolute Gasteiger partial charge is 0.230 e. The van der Waals surface area contributed by atoms with E-state index in [4.69, 9.17) is 4.42 Å². The topological polar surface area (TPSA) is 99.9 Å². The van der Waals surface area contributed by atoms with Crippen LogP contribution in [0.3, 0.4) is 0 Å². The second-order valence-corrected chi connectivity index (χ2v) is 8.34. The zero-order valence-corrected chi connectivity index (χ0v) is 17.6. The number of oxazole rings is 1. The summed E-state index contributed by atoms with van der Waals surface area (Å²) in [5.41, 5.74) is 3.16. The first-order valence-electron chi connectivity index (χ1n) is 10.4. The summed E-state index contributed by atoms with van der Waals surface area (Å²) in [6.07, 6.45) is 8.10. The third-order valence-corrected chi connectivity index (χ3v) is 6.20. The average molecular weight is 416 g/mol. The molecule has 1 aromatic carbocycles. The standard InChI is InChI=1S/C23H24N6O2/c1-15-11-25-20-19(15)21(27-13-26-20)29-8-6-23(2,7-9-29)22(30)28-17-5-3-4-16(10-17)18-12-24-14-31-18/h3-5,10-14H,6-9H2,1-2H3,(H,28,30)(H,25,26,27). The molecule has 0 bridgehead atoms. The van der Waals surface area contributed by atoms with Gasteiger partial charge in [-0.3, -0.25) is 4.79 Å². The summed E-state index contributed by atoms with van der Waals surface area (Å²) in [5.74, 6) is 1.64. The van der Waals surface area contributed by atoms with Gasteiger partial charge in [0.2, 0.25) is 5.91 Å². The van der Waals surface area contributed by atoms with Gasteiger partial charge in [-0.15, -0.1) is 0 Å². The number of carbonyl (C=O) groups excluding carboxylic acids is 1. The number of aryl methyl sites for hydroxylation is 1. The maximum Gasteiger partial charge on any atom is 0.230 e. The highest BCUT2D eigenvalue weighted by Crippen LogP contribution is 2.36. The number of nitrogens with one attached hydrogen (secondary N) is 2. The lowest BCUT2D eigenvalue weighted by Crippen LogP contribution is -2.45. The maximum absolute atomic E-state index is 13.2. The minimum Gasteiger partial charge on any atom is -0.444 e. The molecular formula is C23H24N6O2. The van der Waals surface area contributed by atoms with Gasteiger partial charge in [0.25, 0.3) is 0 Å². The molecule has 1 fully saturated rings. The Morgan fingerprint density at radius 2 is 2.10 bits per heavy atom. The van der Waals surface area contributed by atoms with Gasteiger partial charge in [-0.2, -0.15) is 0 Å². The number of piperidine rings is 1. The molecule has 0 spiro atoms. The normalized spacial score (nSPS) is 15.9. The number of amides is 1. The Bertz CT molecular complexity index is 1220. The first-order valence-corrected chi connectivity index (χ1v) is 10.4. The number of hydrogen-bond acceptors (Lipinski definition) is 6. The van der Waals surface area contributed by atoms with Crippen LogP contribution in [-0.4, -0.2) is 38.9 Å². The molecule has 2 N–H and O–H groups in total. The summed E-state index contributed by atoms with van der Waals surface area (Å²) in [7, 11) is 0. The lowest BCUT2D eigenvalue weighted by molar-refractivity contribution is -0.125. The van der Waals surface area contributed by atoms with Gasteiger partial charge in [0, 0.05) is 30.5 Å². The number of hydrogen-bond donors (Lipinski definition) is 2. The van der Waals surface area contributed by atoms with Gasteiger partial charge < -0.3 is 19.6 Å². The summed E-state index contributed by atoms with van der Waals surface area (Å²) >= 11 is 0. The summed E-state index contributed by atoms with van der Waals surface area (Å²) < 4.78 is 5.36.